The first-order valence-electron chi connectivity index (χ1n) is 11.0. The van der Waals surface area contributed by atoms with E-state index in [0.29, 0.717) is 11.3 Å². The first-order valence-corrected chi connectivity index (χ1v) is 11.9. The lowest BCUT2D eigenvalue weighted by Crippen LogP contribution is -2.47. The maximum absolute atomic E-state index is 13.1. The van der Waals surface area contributed by atoms with E-state index in [1.807, 2.05) is 38.1 Å². The Bertz CT molecular complexity index is 978. The molecule has 0 radical (unpaired) electrons. The Morgan fingerprint density at radius 2 is 1.67 bits per heavy atom. The van der Waals surface area contributed by atoms with Gasteiger partial charge in [0, 0.05) is 43.6 Å². The normalized spacial score (nSPS) is 14.7. The molecule has 0 saturated carbocycles. The summed E-state index contributed by atoms with van der Waals surface area (Å²) in [5, 5.41) is 5.67. The molecule has 0 aliphatic carbocycles. The van der Waals surface area contributed by atoms with Gasteiger partial charge in [0.15, 0.2) is 4.84 Å². The molecule has 2 N–H and O–H groups in total. The molecule has 1 atom stereocenters. The Labute approximate surface area is 205 Å². The van der Waals surface area contributed by atoms with Crippen LogP contribution in [0.3, 0.4) is 0 Å². The lowest BCUT2D eigenvalue weighted by atomic mass is 10.1. The summed E-state index contributed by atoms with van der Waals surface area (Å²) in [7, 11) is 1.67. The van der Waals surface area contributed by atoms with Crippen molar-refractivity contribution in [2.45, 2.75) is 31.1 Å². The number of alkyl halides is 2. The van der Waals surface area contributed by atoms with Gasteiger partial charge in [-0.2, -0.15) is 0 Å². The Hall–Kier alpha value is -2.64. The molecule has 0 bridgehead atoms. The van der Waals surface area contributed by atoms with Crippen LogP contribution in [0.25, 0.3) is 0 Å². The number of anilines is 3. The van der Waals surface area contributed by atoms with Gasteiger partial charge in [-0.3, -0.25) is 9.59 Å². The molecule has 2 aromatic carbocycles. The van der Waals surface area contributed by atoms with E-state index in [0.717, 1.165) is 49.7 Å². The molecule has 9 heteroatoms. The van der Waals surface area contributed by atoms with Gasteiger partial charge in [-0.05, 0) is 43.7 Å². The highest BCUT2D eigenvalue weighted by Gasteiger charge is 2.24. The number of hydrogen-bond donors (Lipinski definition) is 2. The van der Waals surface area contributed by atoms with Crippen molar-refractivity contribution in [3.63, 3.8) is 0 Å². The van der Waals surface area contributed by atoms with Gasteiger partial charge in [0.05, 0.1) is 18.4 Å². The Kier molecular flexibility index (Phi) is 8.69. The Morgan fingerprint density at radius 1 is 1.03 bits per heavy atom. The fraction of sp³-hybridized carbons (Fsp3) is 0.417. The first kappa shape index (κ1) is 25.0. The van der Waals surface area contributed by atoms with E-state index in [2.05, 4.69) is 26.5 Å². The van der Waals surface area contributed by atoms with Crippen LogP contribution in [0.2, 0.25) is 0 Å². The lowest BCUT2D eigenvalue weighted by molar-refractivity contribution is -0.114. The maximum Gasteiger partial charge on any atom is 0.257 e. The molecule has 178 valence electrons. The molecular weight excluding hydrogens is 463 g/mol. The minimum absolute atomic E-state index is 0.0288. The number of para-hydroxylation sites is 2. The highest BCUT2D eigenvalue weighted by Crippen LogP contribution is 2.31. The van der Waals surface area contributed by atoms with E-state index in [1.165, 1.54) is 0 Å². The number of amides is 2. The molecule has 1 heterocycles. The van der Waals surface area contributed by atoms with E-state index < -0.39 is 10.7 Å². The summed E-state index contributed by atoms with van der Waals surface area (Å²) >= 11 is 11.3. The SMILES string of the molecule is CC[C@@H](C)NC(=O)c1cc(NC(=O)C(Cl)Cl)ccc1N1CCN(c2ccccc2OC)CC1. The molecule has 1 fully saturated rings. The topological polar surface area (TPSA) is 73.9 Å². The second-order valence-electron chi connectivity index (χ2n) is 7.95. The summed E-state index contributed by atoms with van der Waals surface area (Å²) in [6.07, 6.45) is 0.815. The molecule has 7 nitrogen and oxygen atoms in total. The summed E-state index contributed by atoms with van der Waals surface area (Å²) in [6.45, 7) is 7.01. The molecule has 33 heavy (non-hydrogen) atoms. The van der Waals surface area contributed by atoms with Gasteiger partial charge in [0.2, 0.25) is 0 Å². The molecular formula is C24H30Cl2N4O3. The van der Waals surface area contributed by atoms with Gasteiger partial charge in [-0.25, -0.2) is 0 Å². The van der Waals surface area contributed by atoms with E-state index in [-0.39, 0.29) is 11.9 Å². The third-order valence-electron chi connectivity index (χ3n) is 5.74. The largest absolute Gasteiger partial charge is 0.495 e. The highest BCUT2D eigenvalue weighted by atomic mass is 35.5. The first-order chi connectivity index (χ1) is 15.8. The van der Waals surface area contributed by atoms with Crippen LogP contribution in [0.1, 0.15) is 30.6 Å². The average molecular weight is 493 g/mol. The number of rotatable bonds is 8. The minimum Gasteiger partial charge on any atom is -0.495 e. The van der Waals surface area contributed by atoms with Crippen LogP contribution in [0, 0.1) is 0 Å². The van der Waals surface area contributed by atoms with Gasteiger partial charge in [-0.15, -0.1) is 0 Å². The maximum atomic E-state index is 13.1. The highest BCUT2D eigenvalue weighted by molar-refractivity contribution is 6.54. The third kappa shape index (κ3) is 6.24. The summed E-state index contributed by atoms with van der Waals surface area (Å²) in [6, 6.07) is 13.3. The third-order valence-corrected chi connectivity index (χ3v) is 6.14. The van der Waals surface area contributed by atoms with Crippen LogP contribution in [0.5, 0.6) is 5.75 Å². The second-order valence-corrected chi connectivity index (χ2v) is 9.05. The summed E-state index contributed by atoms with van der Waals surface area (Å²) < 4.78 is 5.51. The van der Waals surface area contributed by atoms with Crippen molar-refractivity contribution < 1.29 is 14.3 Å². The monoisotopic (exact) mass is 492 g/mol. The molecule has 0 aromatic heterocycles. The van der Waals surface area contributed by atoms with E-state index >= 15 is 0 Å². The number of nitrogens with zero attached hydrogens (tertiary/aromatic N) is 2. The van der Waals surface area contributed by atoms with Crippen LogP contribution in [0.4, 0.5) is 17.1 Å². The summed E-state index contributed by atoms with van der Waals surface area (Å²) in [5.74, 6) is 0.122. The number of piperazine rings is 1. The van der Waals surface area contributed by atoms with Gasteiger partial charge >= 0.3 is 0 Å². The zero-order chi connectivity index (χ0) is 24.0. The molecule has 2 amide bonds. The van der Waals surface area contributed by atoms with E-state index in [4.69, 9.17) is 27.9 Å². The Morgan fingerprint density at radius 3 is 2.27 bits per heavy atom. The Balaban J connectivity index is 1.82. The quantitative estimate of drug-likeness (QED) is 0.537. The lowest BCUT2D eigenvalue weighted by Gasteiger charge is -2.38. The molecule has 1 saturated heterocycles. The second kappa shape index (κ2) is 11.5. The predicted octanol–water partition coefficient (Wildman–Crippen LogP) is 4.29. The van der Waals surface area contributed by atoms with Gasteiger partial charge in [0.25, 0.3) is 11.8 Å². The zero-order valence-corrected chi connectivity index (χ0v) is 20.6. The minimum atomic E-state index is -1.19. The number of nitrogens with one attached hydrogen (secondary N) is 2. The smallest absolute Gasteiger partial charge is 0.257 e. The van der Waals surface area contributed by atoms with Gasteiger partial charge in [-0.1, -0.05) is 42.3 Å². The molecule has 3 rings (SSSR count). The van der Waals surface area contributed by atoms with Crippen LogP contribution in [0.15, 0.2) is 42.5 Å². The molecule has 2 aromatic rings. The van der Waals surface area contributed by atoms with Crippen LogP contribution >= 0.6 is 23.2 Å². The summed E-state index contributed by atoms with van der Waals surface area (Å²) in [4.78, 5) is 28.3. The number of carbonyl (C=O) groups excluding carboxylic acids is 2. The van der Waals surface area contributed by atoms with Crippen molar-refractivity contribution in [3.05, 3.63) is 48.0 Å². The van der Waals surface area contributed by atoms with Crippen molar-refractivity contribution in [3.8, 4) is 5.75 Å². The van der Waals surface area contributed by atoms with Crippen LogP contribution in [-0.4, -0.2) is 56.0 Å². The van der Waals surface area contributed by atoms with Gasteiger partial charge < -0.3 is 25.2 Å². The van der Waals surface area contributed by atoms with Gasteiger partial charge in [0.1, 0.15) is 5.75 Å². The number of hydrogen-bond acceptors (Lipinski definition) is 5. The van der Waals surface area contributed by atoms with Crippen molar-refractivity contribution in [2.75, 3.05) is 48.4 Å². The van der Waals surface area contributed by atoms with E-state index in [1.54, 1.807) is 19.2 Å². The van der Waals surface area contributed by atoms with Crippen LogP contribution in [-0.2, 0) is 4.79 Å². The van der Waals surface area contributed by atoms with E-state index in [9.17, 15) is 9.59 Å². The fourth-order valence-electron chi connectivity index (χ4n) is 3.75. The number of halogens is 2. The number of benzene rings is 2. The fourth-order valence-corrected chi connectivity index (χ4v) is 3.86. The molecule has 1 aliphatic rings. The molecule has 0 unspecified atom stereocenters. The zero-order valence-electron chi connectivity index (χ0n) is 19.1. The number of methoxy groups -OCH3 is 1. The van der Waals surface area contributed by atoms with Crippen molar-refractivity contribution in [1.82, 2.24) is 5.32 Å². The molecule has 0 spiro atoms. The molecule has 1 aliphatic heterocycles. The van der Waals surface area contributed by atoms with Crippen molar-refractivity contribution in [1.29, 1.82) is 0 Å². The number of ether oxygens (including phenoxy) is 1. The predicted molar refractivity (Wildman–Crippen MR) is 135 cm³/mol. The number of carbonyl (C=O) groups is 2. The summed E-state index contributed by atoms with van der Waals surface area (Å²) in [5.41, 5.74) is 2.85. The van der Waals surface area contributed by atoms with Crippen LogP contribution < -0.4 is 25.2 Å². The van der Waals surface area contributed by atoms with Crippen molar-refractivity contribution in [2.24, 2.45) is 0 Å². The standard InChI is InChI=1S/C24H30Cl2N4O3/c1-4-16(2)27-23(31)18-15-17(28-24(32)22(25)26)9-10-19(18)29-11-13-30(14-12-29)20-7-5-6-8-21(20)33-3/h5-10,15-16,22H,4,11-14H2,1-3H3,(H,27,31)(H,28,32)/t16-/m1/s1. The van der Waals surface area contributed by atoms with Crippen molar-refractivity contribution >= 4 is 52.1 Å². The average Bonchev–Trinajstić information content (AvgIpc) is 2.83.